The Morgan fingerprint density at radius 1 is 1.29 bits per heavy atom. The fraction of sp³-hybridized carbons (Fsp3) is 0.222. The summed E-state index contributed by atoms with van der Waals surface area (Å²) in [6, 6.07) is 5.27. The number of aliphatic imine (C=N–C) groups is 1. The molecule has 0 atom stereocenters. The van der Waals surface area contributed by atoms with Crippen LogP contribution >= 0.6 is 34.8 Å². The fourth-order valence-electron chi connectivity index (χ4n) is 0.950. The number of rotatable bonds is 1. The van der Waals surface area contributed by atoms with Crippen LogP contribution in [0.4, 0.5) is 5.69 Å². The van der Waals surface area contributed by atoms with Gasteiger partial charge in [0.2, 0.25) is 0 Å². The third-order valence-corrected chi connectivity index (χ3v) is 2.91. The lowest BCUT2D eigenvalue weighted by atomic mass is 10.3. The summed E-state index contributed by atoms with van der Waals surface area (Å²) >= 11 is 17.5. The Kier molecular flexibility index (Phi) is 4.05. The minimum atomic E-state index is 0.392. The van der Waals surface area contributed by atoms with Crippen LogP contribution in [0.25, 0.3) is 0 Å². The first-order chi connectivity index (χ1) is 6.56. The van der Waals surface area contributed by atoms with E-state index in [2.05, 4.69) is 4.99 Å². The Morgan fingerprint density at radius 2 is 1.93 bits per heavy atom. The molecule has 0 aromatic heterocycles. The number of amidine groups is 1. The molecular formula is C9H9Cl3N2. The maximum absolute atomic E-state index is 5.86. The van der Waals surface area contributed by atoms with Gasteiger partial charge in [0.15, 0.2) is 5.29 Å². The van der Waals surface area contributed by atoms with Crippen molar-refractivity contribution in [2.75, 3.05) is 19.0 Å². The highest BCUT2D eigenvalue weighted by atomic mass is 35.5. The average Bonchev–Trinajstić information content (AvgIpc) is 2.20. The fourth-order valence-corrected chi connectivity index (χ4v) is 1.34. The van der Waals surface area contributed by atoms with E-state index in [0.717, 1.165) is 5.69 Å². The molecule has 1 rings (SSSR count). The lowest BCUT2D eigenvalue weighted by Crippen LogP contribution is -2.21. The largest absolute Gasteiger partial charge is 0.320 e. The van der Waals surface area contributed by atoms with Crippen LogP contribution in [0.3, 0.4) is 0 Å². The molecule has 5 heteroatoms. The van der Waals surface area contributed by atoms with Gasteiger partial charge in [-0.05, 0) is 29.8 Å². The van der Waals surface area contributed by atoms with Gasteiger partial charge in [-0.15, -0.1) is 0 Å². The number of hydrogen-bond donors (Lipinski definition) is 0. The number of anilines is 1. The Bertz CT molecular complexity index is 363. The first-order valence-electron chi connectivity index (χ1n) is 3.87. The van der Waals surface area contributed by atoms with Crippen molar-refractivity contribution >= 4 is 45.8 Å². The lowest BCUT2D eigenvalue weighted by Gasteiger charge is -2.16. The van der Waals surface area contributed by atoms with Crippen molar-refractivity contribution in [3.63, 3.8) is 0 Å². The van der Waals surface area contributed by atoms with Crippen LogP contribution in [-0.2, 0) is 0 Å². The number of hydrogen-bond acceptors (Lipinski definition) is 1. The van der Waals surface area contributed by atoms with E-state index < -0.39 is 0 Å². The molecule has 0 radical (unpaired) electrons. The Morgan fingerprint density at radius 3 is 2.43 bits per heavy atom. The molecule has 0 aliphatic heterocycles. The Hall–Kier alpha value is -0.440. The normalized spacial score (nSPS) is 11.6. The second-order valence-corrected chi connectivity index (χ2v) is 3.80. The van der Waals surface area contributed by atoms with Gasteiger partial charge in [0, 0.05) is 19.8 Å². The molecule has 0 unspecified atom stereocenters. The summed E-state index contributed by atoms with van der Waals surface area (Å²) < 4.78 is 0. The first kappa shape index (κ1) is 11.6. The lowest BCUT2D eigenvalue weighted by molar-refractivity contribution is 1.26. The second-order valence-electron chi connectivity index (χ2n) is 2.65. The third kappa shape index (κ3) is 2.53. The molecule has 1 aromatic rings. The summed E-state index contributed by atoms with van der Waals surface area (Å²) in [5.74, 6) is 0. The molecule has 76 valence electrons. The molecule has 0 heterocycles. The molecule has 0 bridgehead atoms. The van der Waals surface area contributed by atoms with Crippen LogP contribution in [0.1, 0.15) is 0 Å². The molecule has 14 heavy (non-hydrogen) atoms. The van der Waals surface area contributed by atoms with Crippen LogP contribution < -0.4 is 4.90 Å². The van der Waals surface area contributed by atoms with E-state index in [1.54, 1.807) is 31.1 Å². The van der Waals surface area contributed by atoms with Crippen molar-refractivity contribution in [3.8, 4) is 0 Å². The SMILES string of the molecule is CN=C(Cl)N(C)c1ccc(Cl)c(Cl)c1. The van der Waals surface area contributed by atoms with Crippen LogP contribution in [-0.4, -0.2) is 19.4 Å². The third-order valence-electron chi connectivity index (χ3n) is 1.75. The van der Waals surface area contributed by atoms with E-state index in [9.17, 15) is 0 Å². The smallest absolute Gasteiger partial charge is 0.197 e. The van der Waals surface area contributed by atoms with Crippen molar-refractivity contribution in [1.82, 2.24) is 0 Å². The zero-order chi connectivity index (χ0) is 10.7. The molecule has 0 aliphatic carbocycles. The molecule has 0 fully saturated rings. The van der Waals surface area contributed by atoms with Gasteiger partial charge >= 0.3 is 0 Å². The summed E-state index contributed by atoms with van der Waals surface area (Å²) in [7, 11) is 3.42. The molecular weight excluding hydrogens is 242 g/mol. The zero-order valence-corrected chi connectivity index (χ0v) is 10.0. The van der Waals surface area contributed by atoms with Gasteiger partial charge in [-0.25, -0.2) is 0 Å². The van der Waals surface area contributed by atoms with Crippen molar-refractivity contribution in [1.29, 1.82) is 0 Å². The first-order valence-corrected chi connectivity index (χ1v) is 5.00. The quantitative estimate of drug-likeness (QED) is 0.422. The molecule has 0 saturated heterocycles. The Balaban J connectivity index is 3.03. The van der Waals surface area contributed by atoms with E-state index in [-0.39, 0.29) is 0 Å². The predicted molar refractivity (Wildman–Crippen MR) is 64.1 cm³/mol. The standard InChI is InChI=1S/C9H9Cl3N2/c1-13-9(12)14(2)6-3-4-7(10)8(11)5-6/h3-5H,1-2H3. The monoisotopic (exact) mass is 250 g/mol. The Labute approximate surface area is 98.1 Å². The van der Waals surface area contributed by atoms with E-state index >= 15 is 0 Å². The van der Waals surface area contributed by atoms with E-state index in [1.165, 1.54) is 0 Å². The number of nitrogens with zero attached hydrogens (tertiary/aromatic N) is 2. The summed E-state index contributed by atoms with van der Waals surface area (Å²) in [5.41, 5.74) is 0.843. The van der Waals surface area contributed by atoms with E-state index in [1.807, 2.05) is 6.07 Å². The summed E-state index contributed by atoms with van der Waals surface area (Å²) in [5, 5.41) is 1.41. The molecule has 0 amide bonds. The van der Waals surface area contributed by atoms with Gasteiger partial charge in [0.25, 0.3) is 0 Å². The molecule has 2 nitrogen and oxygen atoms in total. The molecule has 0 spiro atoms. The van der Waals surface area contributed by atoms with Gasteiger partial charge in [-0.3, -0.25) is 4.99 Å². The highest BCUT2D eigenvalue weighted by Crippen LogP contribution is 2.27. The van der Waals surface area contributed by atoms with E-state index in [4.69, 9.17) is 34.8 Å². The average molecular weight is 252 g/mol. The molecule has 0 saturated carbocycles. The van der Waals surface area contributed by atoms with Crippen LogP contribution in [0.2, 0.25) is 10.0 Å². The minimum Gasteiger partial charge on any atom is -0.320 e. The van der Waals surface area contributed by atoms with Crippen molar-refractivity contribution in [2.24, 2.45) is 4.99 Å². The van der Waals surface area contributed by atoms with Gasteiger partial charge in [-0.1, -0.05) is 23.2 Å². The van der Waals surface area contributed by atoms with E-state index in [0.29, 0.717) is 15.3 Å². The topological polar surface area (TPSA) is 15.6 Å². The molecule has 1 aromatic carbocycles. The second kappa shape index (κ2) is 4.87. The van der Waals surface area contributed by atoms with Crippen LogP contribution in [0.5, 0.6) is 0 Å². The summed E-state index contributed by atoms with van der Waals surface area (Å²) in [6.45, 7) is 0. The molecule has 0 aliphatic rings. The van der Waals surface area contributed by atoms with Gasteiger partial charge in [-0.2, -0.15) is 0 Å². The maximum Gasteiger partial charge on any atom is 0.197 e. The highest BCUT2D eigenvalue weighted by molar-refractivity contribution is 6.67. The van der Waals surface area contributed by atoms with Crippen LogP contribution in [0, 0.1) is 0 Å². The number of halogens is 3. The van der Waals surface area contributed by atoms with Crippen LogP contribution in [0.15, 0.2) is 23.2 Å². The van der Waals surface area contributed by atoms with Gasteiger partial charge < -0.3 is 4.90 Å². The van der Waals surface area contributed by atoms with Crippen molar-refractivity contribution in [3.05, 3.63) is 28.2 Å². The maximum atomic E-state index is 5.86. The number of benzene rings is 1. The van der Waals surface area contributed by atoms with Gasteiger partial charge in [0.05, 0.1) is 10.0 Å². The summed E-state index contributed by atoms with van der Waals surface area (Å²) in [6.07, 6.45) is 0. The summed E-state index contributed by atoms with van der Waals surface area (Å²) in [4.78, 5) is 5.56. The van der Waals surface area contributed by atoms with Crippen molar-refractivity contribution < 1.29 is 0 Å². The van der Waals surface area contributed by atoms with Crippen molar-refractivity contribution in [2.45, 2.75) is 0 Å². The van der Waals surface area contributed by atoms with Gasteiger partial charge in [0.1, 0.15) is 0 Å². The predicted octanol–water partition coefficient (Wildman–Crippen LogP) is 3.65. The minimum absolute atomic E-state index is 0.392. The highest BCUT2D eigenvalue weighted by Gasteiger charge is 2.07. The molecule has 0 N–H and O–H groups in total. The zero-order valence-electron chi connectivity index (χ0n) is 7.76.